The van der Waals surface area contributed by atoms with E-state index < -0.39 is 0 Å². The second kappa shape index (κ2) is 9.85. The first-order valence-electron chi connectivity index (χ1n) is 9.54. The number of amides is 1. The Labute approximate surface area is 150 Å². The lowest BCUT2D eigenvalue weighted by atomic mass is 10.1. The summed E-state index contributed by atoms with van der Waals surface area (Å²) in [6.07, 6.45) is 8.69. The Morgan fingerprint density at radius 2 is 1.92 bits per heavy atom. The lowest BCUT2D eigenvalue weighted by molar-refractivity contribution is -0.122. The molecular formula is C19H30N4O2. The predicted octanol–water partition coefficient (Wildman–Crippen LogP) is 1.45. The molecule has 2 fully saturated rings. The molecule has 0 radical (unpaired) electrons. The quantitative estimate of drug-likeness (QED) is 0.845. The maximum Gasteiger partial charge on any atom is 0.234 e. The molecule has 0 saturated carbocycles. The van der Waals surface area contributed by atoms with Gasteiger partial charge in [-0.15, -0.1) is 0 Å². The summed E-state index contributed by atoms with van der Waals surface area (Å²) in [4.78, 5) is 21.4. The van der Waals surface area contributed by atoms with Gasteiger partial charge < -0.3 is 10.1 Å². The summed E-state index contributed by atoms with van der Waals surface area (Å²) in [6.45, 7) is 6.51. The van der Waals surface area contributed by atoms with Gasteiger partial charge in [0, 0.05) is 32.0 Å². The van der Waals surface area contributed by atoms with E-state index in [2.05, 4.69) is 26.2 Å². The van der Waals surface area contributed by atoms with Crippen molar-refractivity contribution in [1.29, 1.82) is 0 Å². The summed E-state index contributed by atoms with van der Waals surface area (Å²) in [5.41, 5.74) is 1.15. The molecule has 1 amide bonds. The largest absolute Gasteiger partial charge is 0.379 e. The molecule has 2 aliphatic heterocycles. The standard InChI is InChI=1S/C19H30N4O2/c24-19(16-22-8-3-1-2-4-9-22)21-15-18(17-6-5-7-20-14-17)23-10-12-25-13-11-23/h5-7,14,18H,1-4,8-13,15-16H2,(H,21,24)/t18-/m1/s1. The van der Waals surface area contributed by atoms with E-state index in [0.717, 1.165) is 45.0 Å². The number of ether oxygens (including phenoxy) is 1. The molecule has 1 N–H and O–H groups in total. The average molecular weight is 346 g/mol. The molecule has 2 saturated heterocycles. The van der Waals surface area contributed by atoms with Gasteiger partial charge in [0.15, 0.2) is 0 Å². The minimum absolute atomic E-state index is 0.129. The van der Waals surface area contributed by atoms with Crippen molar-refractivity contribution in [2.75, 3.05) is 52.5 Å². The Hall–Kier alpha value is -1.50. The third-order valence-electron chi connectivity index (χ3n) is 5.11. The predicted molar refractivity (Wildman–Crippen MR) is 97.3 cm³/mol. The van der Waals surface area contributed by atoms with Crippen LogP contribution in [0.1, 0.15) is 37.3 Å². The van der Waals surface area contributed by atoms with Crippen molar-refractivity contribution in [2.24, 2.45) is 0 Å². The average Bonchev–Trinajstić information content (AvgIpc) is 2.92. The zero-order chi connectivity index (χ0) is 17.3. The van der Waals surface area contributed by atoms with Crippen molar-refractivity contribution in [3.8, 4) is 0 Å². The van der Waals surface area contributed by atoms with Crippen LogP contribution in [0.4, 0.5) is 0 Å². The highest BCUT2D eigenvalue weighted by atomic mass is 16.5. The normalized spacial score (nSPS) is 21.4. The molecule has 2 aliphatic rings. The van der Waals surface area contributed by atoms with E-state index in [1.54, 1.807) is 6.20 Å². The first kappa shape index (κ1) is 18.3. The van der Waals surface area contributed by atoms with Crippen LogP contribution in [-0.2, 0) is 9.53 Å². The molecule has 1 aromatic rings. The van der Waals surface area contributed by atoms with E-state index in [1.165, 1.54) is 25.7 Å². The van der Waals surface area contributed by atoms with Crippen molar-refractivity contribution in [2.45, 2.75) is 31.7 Å². The van der Waals surface area contributed by atoms with Gasteiger partial charge in [0.05, 0.1) is 25.8 Å². The van der Waals surface area contributed by atoms with Crippen LogP contribution in [0.2, 0.25) is 0 Å². The molecule has 6 heteroatoms. The lowest BCUT2D eigenvalue weighted by Gasteiger charge is -2.34. The maximum atomic E-state index is 12.4. The smallest absolute Gasteiger partial charge is 0.234 e. The third kappa shape index (κ3) is 5.76. The van der Waals surface area contributed by atoms with Crippen molar-refractivity contribution < 1.29 is 9.53 Å². The van der Waals surface area contributed by atoms with Crippen LogP contribution in [-0.4, -0.2) is 73.2 Å². The van der Waals surface area contributed by atoms with Crippen molar-refractivity contribution in [3.63, 3.8) is 0 Å². The summed E-state index contributed by atoms with van der Waals surface area (Å²) in [5.74, 6) is 0.129. The van der Waals surface area contributed by atoms with Gasteiger partial charge in [-0.25, -0.2) is 0 Å². The second-order valence-corrected chi connectivity index (χ2v) is 6.94. The molecule has 0 unspecified atom stereocenters. The van der Waals surface area contributed by atoms with Crippen LogP contribution in [0.15, 0.2) is 24.5 Å². The summed E-state index contributed by atoms with van der Waals surface area (Å²) in [5, 5.41) is 3.16. The van der Waals surface area contributed by atoms with Crippen molar-refractivity contribution in [1.82, 2.24) is 20.1 Å². The number of pyridine rings is 1. The van der Waals surface area contributed by atoms with Gasteiger partial charge in [-0.3, -0.25) is 19.6 Å². The molecule has 3 rings (SSSR count). The summed E-state index contributed by atoms with van der Waals surface area (Å²) >= 11 is 0. The summed E-state index contributed by atoms with van der Waals surface area (Å²) in [6, 6.07) is 4.21. The molecule has 25 heavy (non-hydrogen) atoms. The first-order chi connectivity index (χ1) is 12.3. The van der Waals surface area contributed by atoms with Gasteiger partial charge in [0.2, 0.25) is 5.91 Å². The van der Waals surface area contributed by atoms with Gasteiger partial charge >= 0.3 is 0 Å². The zero-order valence-corrected chi connectivity index (χ0v) is 15.0. The molecule has 6 nitrogen and oxygen atoms in total. The Morgan fingerprint density at radius 1 is 1.16 bits per heavy atom. The number of nitrogens with zero attached hydrogens (tertiary/aromatic N) is 3. The van der Waals surface area contributed by atoms with Gasteiger partial charge in [0.1, 0.15) is 0 Å². The summed E-state index contributed by atoms with van der Waals surface area (Å²) in [7, 11) is 0. The van der Waals surface area contributed by atoms with Gasteiger partial charge in [-0.2, -0.15) is 0 Å². The Balaban J connectivity index is 1.55. The number of likely N-dealkylation sites (tertiary alicyclic amines) is 1. The van der Waals surface area contributed by atoms with Gasteiger partial charge in [-0.05, 0) is 37.6 Å². The van der Waals surface area contributed by atoms with E-state index in [0.29, 0.717) is 13.1 Å². The van der Waals surface area contributed by atoms with Crippen LogP contribution in [0, 0.1) is 0 Å². The molecular weight excluding hydrogens is 316 g/mol. The van der Waals surface area contributed by atoms with Crippen LogP contribution < -0.4 is 5.32 Å². The number of rotatable bonds is 6. The number of carbonyl (C=O) groups is 1. The highest BCUT2D eigenvalue weighted by Gasteiger charge is 2.23. The third-order valence-corrected chi connectivity index (χ3v) is 5.11. The maximum absolute atomic E-state index is 12.4. The van der Waals surface area contributed by atoms with Crippen LogP contribution >= 0.6 is 0 Å². The molecule has 1 atom stereocenters. The Bertz CT molecular complexity index is 511. The topological polar surface area (TPSA) is 57.7 Å². The van der Waals surface area contributed by atoms with E-state index >= 15 is 0 Å². The first-order valence-corrected chi connectivity index (χ1v) is 9.54. The number of carbonyl (C=O) groups excluding carboxylic acids is 1. The number of aromatic nitrogens is 1. The van der Waals surface area contributed by atoms with E-state index in [-0.39, 0.29) is 11.9 Å². The minimum atomic E-state index is 0.129. The van der Waals surface area contributed by atoms with E-state index in [4.69, 9.17) is 4.74 Å². The number of nitrogens with one attached hydrogen (secondary N) is 1. The van der Waals surface area contributed by atoms with Crippen molar-refractivity contribution >= 4 is 5.91 Å². The molecule has 0 aliphatic carbocycles. The fraction of sp³-hybridized carbons (Fsp3) is 0.684. The number of hydrogen-bond donors (Lipinski definition) is 1. The summed E-state index contributed by atoms with van der Waals surface area (Å²) < 4.78 is 5.47. The molecule has 0 bridgehead atoms. The SMILES string of the molecule is O=C(CN1CCCCCC1)NC[C@H](c1cccnc1)N1CCOCC1. The second-order valence-electron chi connectivity index (χ2n) is 6.94. The monoisotopic (exact) mass is 346 g/mol. The van der Waals surface area contributed by atoms with Gasteiger partial charge in [0.25, 0.3) is 0 Å². The fourth-order valence-corrected chi connectivity index (χ4v) is 3.68. The van der Waals surface area contributed by atoms with Crippen LogP contribution in [0.5, 0.6) is 0 Å². The Morgan fingerprint density at radius 3 is 2.60 bits per heavy atom. The van der Waals surface area contributed by atoms with E-state index in [9.17, 15) is 4.79 Å². The molecule has 1 aromatic heterocycles. The van der Waals surface area contributed by atoms with Gasteiger partial charge in [-0.1, -0.05) is 18.9 Å². The molecule has 3 heterocycles. The van der Waals surface area contributed by atoms with Crippen molar-refractivity contribution in [3.05, 3.63) is 30.1 Å². The molecule has 138 valence electrons. The molecule has 0 aromatic carbocycles. The highest BCUT2D eigenvalue weighted by molar-refractivity contribution is 5.78. The minimum Gasteiger partial charge on any atom is -0.379 e. The lowest BCUT2D eigenvalue weighted by Crippen LogP contribution is -2.45. The molecule has 0 spiro atoms. The van der Waals surface area contributed by atoms with E-state index in [1.807, 2.05) is 12.3 Å². The number of morpholine rings is 1. The zero-order valence-electron chi connectivity index (χ0n) is 15.0. The fourth-order valence-electron chi connectivity index (χ4n) is 3.68. The number of hydrogen-bond acceptors (Lipinski definition) is 5. The van der Waals surface area contributed by atoms with Crippen LogP contribution in [0.25, 0.3) is 0 Å². The Kier molecular flexibility index (Phi) is 7.21. The van der Waals surface area contributed by atoms with Crippen LogP contribution in [0.3, 0.4) is 0 Å². The highest BCUT2D eigenvalue weighted by Crippen LogP contribution is 2.20.